The Morgan fingerprint density at radius 3 is 2.52 bits per heavy atom. The Kier molecular flexibility index (Phi) is 8.82. The van der Waals surface area contributed by atoms with Crippen molar-refractivity contribution < 1.29 is 9.90 Å². The van der Waals surface area contributed by atoms with E-state index >= 15 is 0 Å². The normalized spacial score (nSPS) is 16.8. The molecule has 0 atom stereocenters. The van der Waals surface area contributed by atoms with Crippen LogP contribution >= 0.6 is 15.9 Å². The van der Waals surface area contributed by atoms with Crippen molar-refractivity contribution in [3.8, 4) is 5.75 Å². The molecule has 1 aromatic rings. The minimum absolute atomic E-state index is 0.0844. The van der Waals surface area contributed by atoms with Gasteiger partial charge < -0.3 is 20.7 Å². The molecule has 1 saturated carbocycles. The average Bonchev–Trinajstić information content (AvgIpc) is 2.71. The van der Waals surface area contributed by atoms with Crippen molar-refractivity contribution in [3.63, 3.8) is 0 Å². The number of amides is 1. The number of allylic oxidation sites excluding steroid dienone is 5. The molecule has 0 aromatic carbocycles. The molecule has 31 heavy (non-hydrogen) atoms. The minimum atomic E-state index is -0.794. The van der Waals surface area contributed by atoms with E-state index in [1.807, 2.05) is 13.0 Å². The number of nitrogens with zero attached hydrogens (tertiary/aromatic N) is 2. The van der Waals surface area contributed by atoms with Crippen LogP contribution in [0.15, 0.2) is 39.2 Å². The van der Waals surface area contributed by atoms with Crippen LogP contribution in [0, 0.1) is 5.41 Å². The maximum absolute atomic E-state index is 12.5. The first kappa shape index (κ1) is 25.1. The van der Waals surface area contributed by atoms with Crippen molar-refractivity contribution in [2.75, 3.05) is 13.6 Å². The average molecular weight is 493 g/mol. The van der Waals surface area contributed by atoms with Gasteiger partial charge in [0.1, 0.15) is 5.82 Å². The maximum Gasteiger partial charge on any atom is 0.315 e. The Hall–Kier alpha value is -2.19. The molecule has 1 amide bonds. The van der Waals surface area contributed by atoms with Crippen molar-refractivity contribution in [3.05, 3.63) is 56.2 Å². The number of carbonyl (C=O) groups is 1. The standard InChI is InChI=1S/C23H33BrN4O3/c1-15(2)12-17(24)13-16(3)23(8-6-5-7-9-23)14-18-27-22(31)20(29)19(21(30)26-4)28(18)11-10-25/h12-13,29H,1,5-11,14,25H2,2-4H3,(H,26,30)/b16-13+,17-12+. The second-order valence-electron chi connectivity index (χ2n) is 8.27. The summed E-state index contributed by atoms with van der Waals surface area (Å²) < 4.78 is 2.53. The van der Waals surface area contributed by atoms with Crippen LogP contribution in [0.5, 0.6) is 5.75 Å². The van der Waals surface area contributed by atoms with E-state index in [0.717, 1.165) is 35.7 Å². The highest BCUT2D eigenvalue weighted by molar-refractivity contribution is 9.11. The third-order valence-corrected chi connectivity index (χ3v) is 6.37. The molecule has 7 nitrogen and oxygen atoms in total. The summed E-state index contributed by atoms with van der Waals surface area (Å²) in [5.41, 5.74) is 6.84. The number of hydrogen-bond acceptors (Lipinski definition) is 5. The van der Waals surface area contributed by atoms with Crippen molar-refractivity contribution in [1.82, 2.24) is 14.9 Å². The van der Waals surface area contributed by atoms with Crippen LogP contribution in [0.2, 0.25) is 0 Å². The van der Waals surface area contributed by atoms with Gasteiger partial charge in [-0.15, -0.1) is 0 Å². The predicted molar refractivity (Wildman–Crippen MR) is 127 cm³/mol. The zero-order valence-corrected chi connectivity index (χ0v) is 20.2. The predicted octanol–water partition coefficient (Wildman–Crippen LogP) is 3.56. The van der Waals surface area contributed by atoms with Crippen LogP contribution < -0.4 is 16.6 Å². The summed E-state index contributed by atoms with van der Waals surface area (Å²) in [6.07, 6.45) is 9.79. The van der Waals surface area contributed by atoms with Crippen LogP contribution in [0.4, 0.5) is 0 Å². The summed E-state index contributed by atoms with van der Waals surface area (Å²) in [6, 6.07) is 0. The Labute approximate surface area is 192 Å². The maximum atomic E-state index is 12.5. The van der Waals surface area contributed by atoms with E-state index in [-0.39, 0.29) is 24.2 Å². The molecule has 2 rings (SSSR count). The number of hydrogen-bond donors (Lipinski definition) is 3. The molecule has 1 heterocycles. The van der Waals surface area contributed by atoms with Crippen molar-refractivity contribution in [1.29, 1.82) is 0 Å². The van der Waals surface area contributed by atoms with Crippen LogP contribution in [0.3, 0.4) is 0 Å². The van der Waals surface area contributed by atoms with E-state index in [2.05, 4.69) is 45.8 Å². The zero-order chi connectivity index (χ0) is 23.2. The largest absolute Gasteiger partial charge is 0.501 e. The van der Waals surface area contributed by atoms with Gasteiger partial charge in [-0.2, -0.15) is 4.98 Å². The lowest BCUT2D eigenvalue weighted by molar-refractivity contribution is 0.0947. The first-order valence-corrected chi connectivity index (χ1v) is 11.4. The van der Waals surface area contributed by atoms with E-state index in [1.54, 1.807) is 4.57 Å². The Morgan fingerprint density at radius 2 is 1.97 bits per heavy atom. The van der Waals surface area contributed by atoms with E-state index in [1.165, 1.54) is 19.0 Å². The Balaban J connectivity index is 2.63. The molecule has 1 fully saturated rings. The van der Waals surface area contributed by atoms with E-state index in [0.29, 0.717) is 12.2 Å². The molecule has 1 aromatic heterocycles. The molecule has 0 aliphatic heterocycles. The molecular formula is C23H33BrN4O3. The molecule has 170 valence electrons. The third-order valence-electron chi connectivity index (χ3n) is 5.92. The van der Waals surface area contributed by atoms with Crippen LogP contribution in [-0.2, 0) is 13.0 Å². The second kappa shape index (κ2) is 10.9. The van der Waals surface area contributed by atoms with Crippen molar-refractivity contribution >= 4 is 21.8 Å². The number of aromatic hydroxyl groups is 1. The summed E-state index contributed by atoms with van der Waals surface area (Å²) in [5.74, 6) is -0.709. The van der Waals surface area contributed by atoms with E-state index in [4.69, 9.17) is 5.73 Å². The van der Waals surface area contributed by atoms with Gasteiger partial charge in [0.25, 0.3) is 5.91 Å². The van der Waals surface area contributed by atoms with Gasteiger partial charge in [0, 0.05) is 31.0 Å². The first-order valence-electron chi connectivity index (χ1n) is 10.6. The molecule has 0 spiro atoms. The highest BCUT2D eigenvalue weighted by atomic mass is 79.9. The number of halogens is 1. The molecular weight excluding hydrogens is 460 g/mol. The quantitative estimate of drug-likeness (QED) is 0.480. The molecule has 1 aliphatic rings. The first-order chi connectivity index (χ1) is 14.6. The van der Waals surface area contributed by atoms with Crippen molar-refractivity contribution in [2.45, 2.75) is 58.9 Å². The molecule has 0 unspecified atom stereocenters. The number of aromatic nitrogens is 2. The minimum Gasteiger partial charge on any atom is -0.501 e. The summed E-state index contributed by atoms with van der Waals surface area (Å²) in [7, 11) is 1.46. The number of rotatable bonds is 8. The Morgan fingerprint density at radius 1 is 1.32 bits per heavy atom. The number of nitrogens with one attached hydrogen (secondary N) is 1. The van der Waals surface area contributed by atoms with E-state index in [9.17, 15) is 14.7 Å². The van der Waals surface area contributed by atoms with Gasteiger partial charge in [0.05, 0.1) is 0 Å². The lowest BCUT2D eigenvalue weighted by Gasteiger charge is -2.39. The number of carbonyl (C=O) groups excluding carboxylic acids is 1. The fourth-order valence-electron chi connectivity index (χ4n) is 4.32. The van der Waals surface area contributed by atoms with Gasteiger partial charge >= 0.3 is 5.56 Å². The SMILES string of the molecule is C=C(C)/C=C(Br)\C=C(/C)C1(Cc2nc(=O)c(O)c(C(=O)NC)n2CCN)CCCCC1. The molecule has 1 aliphatic carbocycles. The van der Waals surface area contributed by atoms with Gasteiger partial charge in [-0.3, -0.25) is 9.59 Å². The molecule has 4 N–H and O–H groups in total. The second-order valence-corrected chi connectivity index (χ2v) is 9.19. The summed E-state index contributed by atoms with van der Waals surface area (Å²) in [5, 5.41) is 12.8. The highest BCUT2D eigenvalue weighted by Gasteiger charge is 2.36. The van der Waals surface area contributed by atoms with Gasteiger partial charge in [0.15, 0.2) is 5.69 Å². The zero-order valence-electron chi connectivity index (χ0n) is 18.6. The van der Waals surface area contributed by atoms with Crippen LogP contribution in [0.1, 0.15) is 62.3 Å². The van der Waals surface area contributed by atoms with Gasteiger partial charge in [0.2, 0.25) is 5.75 Å². The van der Waals surface area contributed by atoms with Gasteiger partial charge in [-0.1, -0.05) is 52.9 Å². The molecule has 0 radical (unpaired) electrons. The fourth-order valence-corrected chi connectivity index (χ4v) is 5.06. The monoisotopic (exact) mass is 492 g/mol. The highest BCUT2D eigenvalue weighted by Crippen LogP contribution is 2.45. The fraction of sp³-hybridized carbons (Fsp3) is 0.522. The molecule has 8 heteroatoms. The summed E-state index contributed by atoms with van der Waals surface area (Å²) in [4.78, 5) is 29.1. The van der Waals surface area contributed by atoms with Gasteiger partial charge in [-0.05, 0) is 44.3 Å². The molecule has 0 saturated heterocycles. The van der Waals surface area contributed by atoms with E-state index < -0.39 is 17.2 Å². The molecule has 0 bridgehead atoms. The smallest absolute Gasteiger partial charge is 0.315 e. The summed E-state index contributed by atoms with van der Waals surface area (Å²) >= 11 is 3.61. The lowest BCUT2D eigenvalue weighted by Crippen LogP contribution is -2.35. The van der Waals surface area contributed by atoms with Crippen LogP contribution in [0.25, 0.3) is 0 Å². The Bertz CT molecular complexity index is 956. The van der Waals surface area contributed by atoms with Crippen molar-refractivity contribution in [2.24, 2.45) is 11.1 Å². The lowest BCUT2D eigenvalue weighted by atomic mass is 9.67. The third kappa shape index (κ3) is 5.95. The number of nitrogens with two attached hydrogens (primary N) is 1. The van der Waals surface area contributed by atoms with Gasteiger partial charge in [-0.25, -0.2) is 0 Å². The topological polar surface area (TPSA) is 110 Å². The summed E-state index contributed by atoms with van der Waals surface area (Å²) in [6.45, 7) is 8.49. The van der Waals surface area contributed by atoms with Crippen LogP contribution in [-0.4, -0.2) is 34.2 Å².